The Labute approximate surface area is 155 Å². The van der Waals surface area contributed by atoms with Crippen molar-refractivity contribution >= 4 is 11.8 Å². The van der Waals surface area contributed by atoms with Crippen molar-refractivity contribution in [3.8, 4) is 6.07 Å². The number of amidine groups is 1. The quantitative estimate of drug-likeness (QED) is 0.314. The Bertz CT molecular complexity index is 772. The Hall–Kier alpha value is -2.65. The van der Waals surface area contributed by atoms with E-state index in [-0.39, 0.29) is 23.3 Å². The van der Waals surface area contributed by atoms with E-state index in [9.17, 15) is 20.3 Å². The topological polar surface area (TPSA) is 180 Å². The van der Waals surface area contributed by atoms with Crippen molar-refractivity contribution in [3.05, 3.63) is 23.8 Å². The van der Waals surface area contributed by atoms with Crippen LogP contribution in [0.2, 0.25) is 0 Å². The lowest BCUT2D eigenvalue weighted by Crippen LogP contribution is -2.55. The summed E-state index contributed by atoms with van der Waals surface area (Å²) in [5.41, 5.74) is 9.40. The van der Waals surface area contributed by atoms with Gasteiger partial charge in [0.15, 0.2) is 30.1 Å². The maximum atomic E-state index is 12.2. The molecular formula is C16H21N5O6. The van der Waals surface area contributed by atoms with Gasteiger partial charge in [0.25, 0.3) is 0 Å². The van der Waals surface area contributed by atoms with Crippen LogP contribution in [0.1, 0.15) is 13.8 Å². The van der Waals surface area contributed by atoms with E-state index in [2.05, 4.69) is 4.99 Å². The molecule has 0 radical (unpaired) electrons. The van der Waals surface area contributed by atoms with Crippen LogP contribution >= 0.6 is 0 Å². The third-order valence-electron chi connectivity index (χ3n) is 4.46. The molecule has 27 heavy (non-hydrogen) atoms. The second-order valence-corrected chi connectivity index (χ2v) is 6.64. The lowest BCUT2D eigenvalue weighted by molar-refractivity contribution is -0.147. The van der Waals surface area contributed by atoms with Crippen LogP contribution in [0.5, 0.6) is 0 Å². The van der Waals surface area contributed by atoms with Gasteiger partial charge in [-0.2, -0.15) is 5.26 Å². The molecule has 0 aromatic heterocycles. The molecule has 3 heterocycles. The van der Waals surface area contributed by atoms with Crippen LogP contribution in [0.25, 0.3) is 0 Å². The molecule has 11 nitrogen and oxygen atoms in total. The number of fused-ring (bicyclic) bond motifs is 1. The minimum absolute atomic E-state index is 0.176. The van der Waals surface area contributed by atoms with E-state index in [4.69, 9.17) is 25.7 Å². The molecule has 11 heteroatoms. The minimum atomic E-state index is -2.04. The van der Waals surface area contributed by atoms with E-state index >= 15 is 0 Å². The number of aliphatic imine (C=N–C) groups is 1. The van der Waals surface area contributed by atoms with Crippen molar-refractivity contribution < 1.29 is 29.2 Å². The summed E-state index contributed by atoms with van der Waals surface area (Å²) in [6, 6.07) is 0.917. The predicted molar refractivity (Wildman–Crippen MR) is 89.7 cm³/mol. The first-order valence-electron chi connectivity index (χ1n) is 8.30. The number of ether oxygens (including phenoxy) is 3. The van der Waals surface area contributed by atoms with E-state index in [1.807, 2.05) is 6.07 Å². The summed E-state index contributed by atoms with van der Waals surface area (Å²) < 4.78 is 16.1. The number of nitrogens with zero attached hydrogens (tertiary/aromatic N) is 3. The second kappa shape index (κ2) is 6.82. The van der Waals surface area contributed by atoms with Crippen molar-refractivity contribution in [3.63, 3.8) is 0 Å². The summed E-state index contributed by atoms with van der Waals surface area (Å²) in [7, 11) is 0. The highest BCUT2D eigenvalue weighted by atomic mass is 16.6. The number of rotatable bonds is 5. The van der Waals surface area contributed by atoms with Crippen LogP contribution in [0.3, 0.4) is 0 Å². The van der Waals surface area contributed by atoms with E-state index in [0.29, 0.717) is 0 Å². The van der Waals surface area contributed by atoms with Gasteiger partial charge in [0.1, 0.15) is 24.6 Å². The molecule has 0 aromatic carbocycles. The van der Waals surface area contributed by atoms with Gasteiger partial charge < -0.3 is 35.9 Å². The largest absolute Gasteiger partial charge is 0.450 e. The molecule has 0 spiro atoms. The Morgan fingerprint density at radius 2 is 2.30 bits per heavy atom. The lowest BCUT2D eigenvalue weighted by atomic mass is 10.0. The summed E-state index contributed by atoms with van der Waals surface area (Å²) >= 11 is 0. The molecule has 1 saturated heterocycles. The van der Waals surface area contributed by atoms with Gasteiger partial charge in [0.05, 0.1) is 0 Å². The van der Waals surface area contributed by atoms with Crippen LogP contribution in [0.15, 0.2) is 28.8 Å². The molecule has 0 aliphatic carbocycles. The number of hydrogen-bond donors (Lipinski definition) is 4. The predicted octanol–water partition coefficient (Wildman–Crippen LogP) is -1.80. The van der Waals surface area contributed by atoms with Gasteiger partial charge in [-0.3, -0.25) is 4.90 Å². The van der Waals surface area contributed by atoms with Crippen LogP contribution in [0.4, 0.5) is 0 Å². The number of nitriles is 1. The monoisotopic (exact) mass is 379 g/mol. The molecule has 3 aliphatic heterocycles. The SMILES string of the molecule is CC(C)C(N)C(=O)OC1=C(CO)O[C@@](C#N)(N2C=CC(N)=NC3OC32)C1O. The fourth-order valence-electron chi connectivity index (χ4n) is 2.76. The van der Waals surface area contributed by atoms with Crippen LogP contribution in [-0.2, 0) is 19.0 Å². The van der Waals surface area contributed by atoms with E-state index in [1.54, 1.807) is 13.8 Å². The van der Waals surface area contributed by atoms with Crippen LogP contribution in [0, 0.1) is 17.2 Å². The maximum absolute atomic E-state index is 12.2. The highest BCUT2D eigenvalue weighted by Crippen LogP contribution is 2.43. The molecule has 4 unspecified atom stereocenters. The molecule has 0 saturated carbocycles. The van der Waals surface area contributed by atoms with Gasteiger partial charge in [-0.15, -0.1) is 0 Å². The number of aliphatic hydroxyl groups excluding tert-OH is 2. The molecule has 5 atom stereocenters. The number of carbonyl (C=O) groups is 1. The Balaban J connectivity index is 1.89. The second-order valence-electron chi connectivity index (χ2n) is 6.64. The number of hydrogen-bond acceptors (Lipinski definition) is 11. The summed E-state index contributed by atoms with van der Waals surface area (Å²) in [4.78, 5) is 17.5. The molecule has 3 rings (SSSR count). The number of carbonyl (C=O) groups excluding carboxylic acids is 1. The Kier molecular flexibility index (Phi) is 4.83. The Morgan fingerprint density at radius 1 is 1.59 bits per heavy atom. The highest BCUT2D eigenvalue weighted by Gasteiger charge is 2.62. The van der Waals surface area contributed by atoms with Gasteiger partial charge in [0, 0.05) is 6.20 Å². The smallest absolute Gasteiger partial charge is 0.328 e. The third kappa shape index (κ3) is 3.13. The third-order valence-corrected chi connectivity index (χ3v) is 4.46. The van der Waals surface area contributed by atoms with Crippen LogP contribution < -0.4 is 11.5 Å². The summed E-state index contributed by atoms with van der Waals surface area (Å²) in [5.74, 6) is -1.48. The normalized spacial score (nSPS) is 33.0. The van der Waals surface area contributed by atoms with Gasteiger partial charge in [-0.1, -0.05) is 13.8 Å². The molecule has 3 aliphatic rings. The number of esters is 1. The average molecular weight is 379 g/mol. The average Bonchev–Trinajstić information content (AvgIpc) is 3.35. The molecule has 1 fully saturated rings. The van der Waals surface area contributed by atoms with E-state index < -0.39 is 42.9 Å². The molecule has 0 bridgehead atoms. The first kappa shape index (κ1) is 19.1. The van der Waals surface area contributed by atoms with Gasteiger partial charge in [0.2, 0.25) is 0 Å². The van der Waals surface area contributed by atoms with Crippen molar-refractivity contribution in [2.75, 3.05) is 6.61 Å². The van der Waals surface area contributed by atoms with Gasteiger partial charge >= 0.3 is 11.7 Å². The first-order valence-corrected chi connectivity index (χ1v) is 8.30. The van der Waals surface area contributed by atoms with E-state index in [0.717, 1.165) is 0 Å². The molecule has 0 amide bonds. The highest BCUT2D eigenvalue weighted by molar-refractivity contribution is 5.91. The molecule has 6 N–H and O–H groups in total. The Morgan fingerprint density at radius 3 is 2.89 bits per heavy atom. The zero-order valence-corrected chi connectivity index (χ0v) is 14.8. The zero-order chi connectivity index (χ0) is 19.9. The van der Waals surface area contributed by atoms with Crippen molar-refractivity contribution in [2.24, 2.45) is 22.4 Å². The molecule has 146 valence electrons. The first-order chi connectivity index (χ1) is 12.7. The summed E-state index contributed by atoms with van der Waals surface area (Å²) in [5, 5.41) is 30.1. The maximum Gasteiger partial charge on any atom is 0.328 e. The minimum Gasteiger partial charge on any atom is -0.450 e. The van der Waals surface area contributed by atoms with Crippen molar-refractivity contribution in [2.45, 2.75) is 44.2 Å². The van der Waals surface area contributed by atoms with Gasteiger partial charge in [-0.05, 0) is 12.0 Å². The fraction of sp³-hybridized carbons (Fsp3) is 0.562. The molecular weight excluding hydrogens is 358 g/mol. The standard InChI is InChI=1S/C16H21N5O6/c1-7(2)10(19)15(24)25-11-8(5-22)27-16(6-17,12(11)23)21-4-3-9(18)20-13-14(21)26-13/h3-4,7,10,12-14,22-23H,5,19H2,1-2H3,(H2,18,20)/t10?,12?,13?,14?,16-/m1/s1. The molecule has 0 aromatic rings. The number of nitrogens with two attached hydrogens (primary N) is 2. The van der Waals surface area contributed by atoms with E-state index in [1.165, 1.54) is 17.2 Å². The van der Waals surface area contributed by atoms with Crippen molar-refractivity contribution in [1.29, 1.82) is 5.26 Å². The number of aliphatic hydroxyl groups is 2. The van der Waals surface area contributed by atoms with Gasteiger partial charge in [-0.25, -0.2) is 9.79 Å². The van der Waals surface area contributed by atoms with Crippen LogP contribution in [-0.4, -0.2) is 63.9 Å². The summed E-state index contributed by atoms with van der Waals surface area (Å²) in [6.07, 6.45) is -0.240. The van der Waals surface area contributed by atoms with Crippen molar-refractivity contribution in [1.82, 2.24) is 4.90 Å². The zero-order valence-electron chi connectivity index (χ0n) is 14.8. The summed E-state index contributed by atoms with van der Waals surface area (Å²) in [6.45, 7) is 2.75. The number of epoxide rings is 1. The fourth-order valence-corrected chi connectivity index (χ4v) is 2.76. The lowest BCUT2D eigenvalue weighted by Gasteiger charge is -2.35.